The maximum atomic E-state index is 12.3. The highest BCUT2D eigenvalue weighted by molar-refractivity contribution is 5.84. The first kappa shape index (κ1) is 12.6. The van der Waals surface area contributed by atoms with Gasteiger partial charge in [-0.15, -0.1) is 0 Å². The number of hydrogen-bond acceptors (Lipinski definition) is 2. The van der Waals surface area contributed by atoms with Gasteiger partial charge in [-0.3, -0.25) is 4.79 Å². The van der Waals surface area contributed by atoms with E-state index in [1.165, 1.54) is 18.3 Å². The van der Waals surface area contributed by atoms with Crippen LogP contribution < -0.4 is 5.43 Å². The zero-order valence-corrected chi connectivity index (χ0v) is 9.37. The summed E-state index contributed by atoms with van der Waals surface area (Å²) in [5, 5.41) is 3.69. The second-order valence-corrected chi connectivity index (χ2v) is 4.13. The highest BCUT2D eigenvalue weighted by atomic mass is 19.4. The monoisotopic (exact) mass is 256 g/mol. The summed E-state index contributed by atoms with van der Waals surface area (Å²) in [6.07, 6.45) is -1.26. The minimum atomic E-state index is -4.34. The topological polar surface area (TPSA) is 41.5 Å². The molecular weight excluding hydrogens is 245 g/mol. The number of halogens is 3. The van der Waals surface area contributed by atoms with Crippen molar-refractivity contribution in [1.29, 1.82) is 0 Å². The van der Waals surface area contributed by atoms with E-state index in [1.807, 2.05) is 0 Å². The lowest BCUT2D eigenvalue weighted by Crippen LogP contribution is -2.18. The van der Waals surface area contributed by atoms with Crippen molar-refractivity contribution in [3.05, 3.63) is 35.4 Å². The number of hydrazone groups is 1. The van der Waals surface area contributed by atoms with Crippen molar-refractivity contribution in [1.82, 2.24) is 5.43 Å². The molecule has 3 nitrogen and oxygen atoms in total. The Morgan fingerprint density at radius 2 is 1.89 bits per heavy atom. The van der Waals surface area contributed by atoms with Crippen LogP contribution in [0.4, 0.5) is 13.2 Å². The fourth-order valence-corrected chi connectivity index (χ4v) is 1.37. The van der Waals surface area contributed by atoms with Gasteiger partial charge >= 0.3 is 6.18 Å². The molecule has 1 fully saturated rings. The van der Waals surface area contributed by atoms with Crippen molar-refractivity contribution in [2.45, 2.75) is 19.0 Å². The Labute approximate surface area is 102 Å². The van der Waals surface area contributed by atoms with Crippen LogP contribution in [0.5, 0.6) is 0 Å². The zero-order chi connectivity index (χ0) is 13.2. The average Bonchev–Trinajstić information content (AvgIpc) is 3.12. The minimum Gasteiger partial charge on any atom is -0.273 e. The average molecular weight is 256 g/mol. The highest BCUT2D eigenvalue weighted by Gasteiger charge is 2.30. The molecule has 0 atom stereocenters. The van der Waals surface area contributed by atoms with Gasteiger partial charge in [-0.2, -0.15) is 18.3 Å². The lowest BCUT2D eigenvalue weighted by Gasteiger charge is -2.05. The van der Waals surface area contributed by atoms with E-state index in [0.717, 1.165) is 25.0 Å². The van der Waals surface area contributed by atoms with Gasteiger partial charge in [-0.05, 0) is 30.5 Å². The molecule has 1 aliphatic carbocycles. The van der Waals surface area contributed by atoms with Gasteiger partial charge < -0.3 is 0 Å². The predicted octanol–water partition coefficient (Wildman–Crippen LogP) is 2.57. The Balaban J connectivity index is 1.93. The number of alkyl halides is 3. The molecule has 0 aliphatic heterocycles. The van der Waals surface area contributed by atoms with E-state index in [2.05, 4.69) is 10.5 Å². The maximum Gasteiger partial charge on any atom is 0.416 e. The van der Waals surface area contributed by atoms with E-state index < -0.39 is 11.7 Å². The number of benzene rings is 1. The van der Waals surface area contributed by atoms with E-state index in [-0.39, 0.29) is 11.8 Å². The molecule has 1 aromatic carbocycles. The van der Waals surface area contributed by atoms with Gasteiger partial charge in [0.2, 0.25) is 5.91 Å². The largest absolute Gasteiger partial charge is 0.416 e. The second kappa shape index (κ2) is 4.80. The van der Waals surface area contributed by atoms with Gasteiger partial charge in [-0.1, -0.05) is 12.1 Å². The van der Waals surface area contributed by atoms with Crippen molar-refractivity contribution in [2.24, 2.45) is 11.0 Å². The number of nitrogens with one attached hydrogen (secondary N) is 1. The van der Waals surface area contributed by atoms with Gasteiger partial charge in [-0.25, -0.2) is 5.43 Å². The second-order valence-electron chi connectivity index (χ2n) is 4.13. The first-order valence-corrected chi connectivity index (χ1v) is 5.47. The molecule has 0 saturated heterocycles. The molecule has 18 heavy (non-hydrogen) atoms. The fraction of sp³-hybridized carbons (Fsp3) is 0.333. The molecule has 2 rings (SSSR count). The predicted molar refractivity (Wildman–Crippen MR) is 59.9 cm³/mol. The third-order valence-corrected chi connectivity index (χ3v) is 2.57. The fourth-order valence-electron chi connectivity index (χ4n) is 1.37. The minimum absolute atomic E-state index is 0.0507. The first-order chi connectivity index (χ1) is 8.47. The summed E-state index contributed by atoms with van der Waals surface area (Å²) in [6, 6.07) is 4.55. The number of carbonyl (C=O) groups excluding carboxylic acids is 1. The Bertz CT molecular complexity index is 461. The van der Waals surface area contributed by atoms with Crippen LogP contribution in [0.25, 0.3) is 0 Å². The van der Waals surface area contributed by atoms with Gasteiger partial charge in [0, 0.05) is 5.92 Å². The van der Waals surface area contributed by atoms with Crippen molar-refractivity contribution < 1.29 is 18.0 Å². The van der Waals surface area contributed by atoms with Crippen molar-refractivity contribution in [3.8, 4) is 0 Å². The Morgan fingerprint density at radius 3 is 2.39 bits per heavy atom. The molecule has 0 bridgehead atoms. The Morgan fingerprint density at radius 1 is 1.28 bits per heavy atom. The summed E-state index contributed by atoms with van der Waals surface area (Å²) in [5.74, 6) is -0.0899. The molecule has 0 unspecified atom stereocenters. The first-order valence-electron chi connectivity index (χ1n) is 5.47. The Kier molecular flexibility index (Phi) is 3.36. The normalized spacial score (nSPS) is 15.9. The smallest absolute Gasteiger partial charge is 0.273 e. The van der Waals surface area contributed by atoms with Crippen LogP contribution in [0, 0.1) is 5.92 Å². The lowest BCUT2D eigenvalue weighted by atomic mass is 10.1. The lowest BCUT2D eigenvalue weighted by molar-refractivity contribution is -0.137. The van der Waals surface area contributed by atoms with Crippen LogP contribution in [0.2, 0.25) is 0 Å². The van der Waals surface area contributed by atoms with Gasteiger partial charge in [0.25, 0.3) is 0 Å². The molecule has 96 valence electrons. The Hall–Kier alpha value is -1.85. The molecule has 6 heteroatoms. The number of amides is 1. The standard InChI is InChI=1S/C12H11F3N2O/c13-12(14,15)10-5-1-8(2-6-10)7-16-17-11(18)9-3-4-9/h1-2,5-7,9H,3-4H2,(H,17,18)/b16-7+. The maximum absolute atomic E-state index is 12.3. The van der Waals surface area contributed by atoms with Crippen molar-refractivity contribution in [3.63, 3.8) is 0 Å². The molecule has 1 N–H and O–H groups in total. The van der Waals surface area contributed by atoms with Gasteiger partial charge in [0.1, 0.15) is 0 Å². The number of nitrogens with zero attached hydrogens (tertiary/aromatic N) is 1. The van der Waals surface area contributed by atoms with Crippen LogP contribution in [0.3, 0.4) is 0 Å². The van der Waals surface area contributed by atoms with Gasteiger partial charge in [0.15, 0.2) is 0 Å². The van der Waals surface area contributed by atoms with Crippen molar-refractivity contribution >= 4 is 12.1 Å². The van der Waals surface area contributed by atoms with Crippen LogP contribution in [-0.4, -0.2) is 12.1 Å². The number of hydrogen-bond donors (Lipinski definition) is 1. The van der Waals surface area contributed by atoms with E-state index >= 15 is 0 Å². The summed E-state index contributed by atoms with van der Waals surface area (Å²) in [4.78, 5) is 11.2. The van der Waals surface area contributed by atoms with E-state index in [9.17, 15) is 18.0 Å². The molecule has 1 aliphatic rings. The SMILES string of the molecule is O=C(N/N=C/c1ccc(C(F)(F)F)cc1)C1CC1. The molecule has 0 radical (unpaired) electrons. The van der Waals surface area contributed by atoms with Crippen LogP contribution in [0.15, 0.2) is 29.4 Å². The van der Waals surface area contributed by atoms with Gasteiger partial charge in [0.05, 0.1) is 11.8 Å². The molecule has 1 saturated carbocycles. The van der Waals surface area contributed by atoms with E-state index in [0.29, 0.717) is 5.56 Å². The summed E-state index contributed by atoms with van der Waals surface area (Å²) in [5.41, 5.74) is 2.14. The van der Waals surface area contributed by atoms with Crippen LogP contribution in [0.1, 0.15) is 24.0 Å². The summed E-state index contributed by atoms with van der Waals surface area (Å²) < 4.78 is 36.8. The molecule has 0 aromatic heterocycles. The molecule has 0 heterocycles. The third-order valence-electron chi connectivity index (χ3n) is 2.57. The quantitative estimate of drug-likeness (QED) is 0.655. The van der Waals surface area contributed by atoms with Crippen LogP contribution >= 0.6 is 0 Å². The molecule has 1 amide bonds. The van der Waals surface area contributed by atoms with E-state index in [4.69, 9.17) is 0 Å². The molecule has 0 spiro atoms. The summed E-state index contributed by atoms with van der Waals surface area (Å²) in [6.45, 7) is 0. The van der Waals surface area contributed by atoms with E-state index in [1.54, 1.807) is 0 Å². The number of rotatable bonds is 3. The third kappa shape index (κ3) is 3.32. The summed E-state index contributed by atoms with van der Waals surface area (Å²) >= 11 is 0. The number of carbonyl (C=O) groups is 1. The van der Waals surface area contributed by atoms with Crippen LogP contribution in [-0.2, 0) is 11.0 Å². The molecule has 1 aromatic rings. The highest BCUT2D eigenvalue weighted by Crippen LogP contribution is 2.29. The van der Waals surface area contributed by atoms with Crippen molar-refractivity contribution in [2.75, 3.05) is 0 Å². The summed E-state index contributed by atoms with van der Waals surface area (Å²) in [7, 11) is 0. The zero-order valence-electron chi connectivity index (χ0n) is 9.37. The molecular formula is C12H11F3N2O.